The smallest absolute Gasteiger partial charge is 0.266 e. The maximum absolute atomic E-state index is 12.7. The van der Waals surface area contributed by atoms with Crippen LogP contribution in [0.1, 0.15) is 17.5 Å². The van der Waals surface area contributed by atoms with Crippen LogP contribution in [0.4, 0.5) is 0 Å². The zero-order chi connectivity index (χ0) is 21.8. The first-order valence-electron chi connectivity index (χ1n) is 9.84. The number of para-hydroxylation sites is 1. The number of benzene rings is 2. The number of aromatic amines is 1. The first-order chi connectivity index (χ1) is 15.0. The summed E-state index contributed by atoms with van der Waals surface area (Å²) in [7, 11) is 0. The molecule has 1 fully saturated rings. The fourth-order valence-corrected chi connectivity index (χ4v) is 4.89. The van der Waals surface area contributed by atoms with Gasteiger partial charge >= 0.3 is 0 Å². The first-order valence-corrected chi connectivity index (χ1v) is 11.4. The zero-order valence-electron chi connectivity index (χ0n) is 16.6. The van der Waals surface area contributed by atoms with E-state index in [-0.39, 0.29) is 24.8 Å². The molecule has 5 nitrogen and oxygen atoms in total. The number of aromatic nitrogens is 1. The van der Waals surface area contributed by atoms with E-state index < -0.39 is 0 Å². The van der Waals surface area contributed by atoms with Crippen molar-refractivity contribution < 1.29 is 9.59 Å². The third kappa shape index (κ3) is 5.01. The lowest BCUT2D eigenvalue weighted by atomic mass is 10.1. The number of carbonyl (C=O) groups excluding carboxylic acids is 2. The molecule has 31 heavy (non-hydrogen) atoms. The van der Waals surface area contributed by atoms with Gasteiger partial charge in [0.15, 0.2) is 0 Å². The van der Waals surface area contributed by atoms with Crippen molar-refractivity contribution in [3.8, 4) is 0 Å². The Labute approximate surface area is 194 Å². The number of hydrogen-bond donors (Lipinski definition) is 2. The molecule has 0 saturated carbocycles. The molecule has 2 heterocycles. The van der Waals surface area contributed by atoms with E-state index in [4.69, 9.17) is 23.8 Å². The molecule has 2 aromatic carbocycles. The van der Waals surface area contributed by atoms with Crippen LogP contribution in [0.5, 0.6) is 0 Å². The number of carbonyl (C=O) groups is 2. The maximum Gasteiger partial charge on any atom is 0.266 e. The van der Waals surface area contributed by atoms with E-state index in [1.807, 2.05) is 42.6 Å². The van der Waals surface area contributed by atoms with Gasteiger partial charge in [-0.25, -0.2) is 0 Å². The lowest BCUT2D eigenvalue weighted by Gasteiger charge is -2.14. The van der Waals surface area contributed by atoms with Crippen LogP contribution in [0, 0.1) is 0 Å². The fraction of sp³-hybridized carbons (Fsp3) is 0.174. The Kier molecular flexibility index (Phi) is 6.75. The normalized spacial score (nSPS) is 15.3. The second-order valence-corrected chi connectivity index (χ2v) is 9.15. The predicted octanol–water partition coefficient (Wildman–Crippen LogP) is 4.77. The highest BCUT2D eigenvalue weighted by Gasteiger charge is 2.32. The van der Waals surface area contributed by atoms with Gasteiger partial charge in [-0.15, -0.1) is 0 Å². The summed E-state index contributed by atoms with van der Waals surface area (Å²) >= 11 is 12.7. The van der Waals surface area contributed by atoms with Gasteiger partial charge < -0.3 is 10.3 Å². The van der Waals surface area contributed by atoms with Crippen LogP contribution in [0.15, 0.2) is 59.6 Å². The van der Waals surface area contributed by atoms with Gasteiger partial charge in [-0.3, -0.25) is 14.5 Å². The van der Waals surface area contributed by atoms with Gasteiger partial charge in [0, 0.05) is 41.6 Å². The molecule has 1 aliphatic rings. The van der Waals surface area contributed by atoms with Crippen LogP contribution in [-0.4, -0.2) is 39.1 Å². The average molecular weight is 470 g/mol. The molecule has 0 unspecified atom stereocenters. The molecule has 0 spiro atoms. The van der Waals surface area contributed by atoms with Crippen molar-refractivity contribution in [2.75, 3.05) is 13.1 Å². The minimum Gasteiger partial charge on any atom is -0.361 e. The fourth-order valence-electron chi connectivity index (χ4n) is 3.40. The van der Waals surface area contributed by atoms with E-state index >= 15 is 0 Å². The largest absolute Gasteiger partial charge is 0.361 e. The summed E-state index contributed by atoms with van der Waals surface area (Å²) < 4.78 is 0.454. The molecule has 1 saturated heterocycles. The second-order valence-electron chi connectivity index (χ2n) is 7.06. The third-order valence-corrected chi connectivity index (χ3v) is 6.74. The summed E-state index contributed by atoms with van der Waals surface area (Å²) in [5, 5.41) is 4.66. The molecule has 0 atom stereocenters. The van der Waals surface area contributed by atoms with Gasteiger partial charge in [0.1, 0.15) is 4.32 Å². The van der Waals surface area contributed by atoms with Crippen LogP contribution in [0.3, 0.4) is 0 Å². The number of hydrogen-bond acceptors (Lipinski definition) is 4. The minimum atomic E-state index is -0.193. The lowest BCUT2D eigenvalue weighted by molar-refractivity contribution is -0.123. The summed E-state index contributed by atoms with van der Waals surface area (Å²) in [4.78, 5) is 30.2. The van der Waals surface area contributed by atoms with E-state index in [0.29, 0.717) is 20.8 Å². The van der Waals surface area contributed by atoms with Crippen LogP contribution in [0.2, 0.25) is 5.02 Å². The highest BCUT2D eigenvalue weighted by molar-refractivity contribution is 8.26. The number of nitrogens with zero attached hydrogens (tertiary/aromatic N) is 1. The van der Waals surface area contributed by atoms with Gasteiger partial charge in [-0.1, -0.05) is 72.0 Å². The van der Waals surface area contributed by atoms with Gasteiger partial charge in [0.25, 0.3) is 5.91 Å². The van der Waals surface area contributed by atoms with E-state index in [1.165, 1.54) is 22.0 Å². The number of thiocarbonyl (C=S) groups is 1. The number of thioether (sulfide) groups is 1. The summed E-state index contributed by atoms with van der Waals surface area (Å²) in [6.45, 7) is 0.787. The lowest BCUT2D eigenvalue weighted by Crippen LogP contribution is -2.34. The molecule has 1 aromatic heterocycles. The molecular weight excluding hydrogens is 450 g/mol. The number of fused-ring (bicyclic) bond motifs is 1. The number of amides is 2. The van der Waals surface area contributed by atoms with Crippen molar-refractivity contribution in [1.29, 1.82) is 0 Å². The predicted molar refractivity (Wildman–Crippen MR) is 131 cm³/mol. The van der Waals surface area contributed by atoms with E-state index in [1.54, 1.807) is 12.1 Å². The van der Waals surface area contributed by atoms with Crippen LogP contribution in [0.25, 0.3) is 17.0 Å². The molecule has 8 heteroatoms. The van der Waals surface area contributed by atoms with Crippen molar-refractivity contribution >= 4 is 68.7 Å². The Morgan fingerprint density at radius 3 is 2.81 bits per heavy atom. The minimum absolute atomic E-state index is 0.107. The summed E-state index contributed by atoms with van der Waals surface area (Å²) in [5.41, 5.74) is 3.01. The molecule has 2 N–H and O–H groups in total. The van der Waals surface area contributed by atoms with Crippen LogP contribution >= 0.6 is 35.6 Å². The molecule has 0 radical (unpaired) electrons. The molecule has 3 aromatic rings. The topological polar surface area (TPSA) is 65.2 Å². The summed E-state index contributed by atoms with van der Waals surface area (Å²) in [6.07, 6.45) is 4.64. The maximum atomic E-state index is 12.7. The van der Waals surface area contributed by atoms with E-state index in [0.717, 1.165) is 23.1 Å². The first kappa shape index (κ1) is 21.6. The standard InChI is InChI=1S/C23H20ClN3O2S2/c24-18-7-3-1-5-15(18)13-20-22(29)27(23(30)31-20)12-10-21(28)25-11-9-16-14-26-19-8-4-2-6-17(16)19/h1-8,13-14,26H,9-12H2,(H,25,28). The average Bonchev–Trinajstić information content (AvgIpc) is 3.29. The Bertz CT molecular complexity index is 1190. The summed E-state index contributed by atoms with van der Waals surface area (Å²) in [6, 6.07) is 15.4. The number of rotatable bonds is 7. The van der Waals surface area contributed by atoms with Gasteiger partial charge in [-0.05, 0) is 35.8 Å². The second kappa shape index (κ2) is 9.68. The van der Waals surface area contributed by atoms with Crippen molar-refractivity contribution in [3.05, 3.63) is 75.8 Å². The SMILES string of the molecule is O=C(CCN1C(=O)C(=Cc2ccccc2Cl)SC1=S)NCCc1c[nH]c2ccccc12. The van der Waals surface area contributed by atoms with Crippen molar-refractivity contribution in [2.45, 2.75) is 12.8 Å². The van der Waals surface area contributed by atoms with Gasteiger partial charge in [-0.2, -0.15) is 0 Å². The summed E-state index contributed by atoms with van der Waals surface area (Å²) in [5.74, 6) is -0.300. The molecule has 4 rings (SSSR count). The van der Waals surface area contributed by atoms with Gasteiger partial charge in [0.2, 0.25) is 5.91 Å². The number of nitrogens with one attached hydrogen (secondary N) is 2. The van der Waals surface area contributed by atoms with Crippen molar-refractivity contribution in [2.24, 2.45) is 0 Å². The highest BCUT2D eigenvalue weighted by Crippen LogP contribution is 2.33. The molecular formula is C23H20ClN3O2S2. The van der Waals surface area contributed by atoms with Crippen molar-refractivity contribution in [3.63, 3.8) is 0 Å². The molecule has 1 aliphatic heterocycles. The number of H-pyrrole nitrogens is 1. The van der Waals surface area contributed by atoms with Crippen LogP contribution < -0.4 is 5.32 Å². The Morgan fingerprint density at radius 2 is 1.97 bits per heavy atom. The monoisotopic (exact) mass is 469 g/mol. The Balaban J connectivity index is 1.28. The molecule has 2 amide bonds. The quantitative estimate of drug-likeness (QED) is 0.386. The molecule has 0 bridgehead atoms. The Morgan fingerprint density at radius 1 is 1.19 bits per heavy atom. The zero-order valence-corrected chi connectivity index (χ0v) is 18.9. The van der Waals surface area contributed by atoms with Crippen LogP contribution in [-0.2, 0) is 16.0 Å². The number of halogens is 1. The van der Waals surface area contributed by atoms with E-state index in [9.17, 15) is 9.59 Å². The van der Waals surface area contributed by atoms with Crippen molar-refractivity contribution in [1.82, 2.24) is 15.2 Å². The Hall–Kier alpha value is -2.61. The highest BCUT2D eigenvalue weighted by atomic mass is 35.5. The third-order valence-electron chi connectivity index (χ3n) is 5.02. The van der Waals surface area contributed by atoms with E-state index in [2.05, 4.69) is 16.4 Å². The molecule has 158 valence electrons. The molecule has 0 aliphatic carbocycles. The van der Waals surface area contributed by atoms with Gasteiger partial charge in [0.05, 0.1) is 4.91 Å².